The van der Waals surface area contributed by atoms with Crippen molar-refractivity contribution in [3.8, 4) is 0 Å². The molecule has 1 aromatic rings. The van der Waals surface area contributed by atoms with Crippen molar-refractivity contribution in [2.24, 2.45) is 11.8 Å². The molecule has 2 rings (SSSR count). The molecule has 0 aromatic heterocycles. The third-order valence-corrected chi connectivity index (χ3v) is 4.51. The summed E-state index contributed by atoms with van der Waals surface area (Å²) in [5.74, 6) is 0.0428. The predicted molar refractivity (Wildman–Crippen MR) is 91.7 cm³/mol. The average Bonchev–Trinajstić information content (AvgIpc) is 2.74. The molecule has 0 unspecified atom stereocenters. The number of benzene rings is 1. The molecule has 0 heterocycles. The molecule has 1 aromatic carbocycles. The quantitative estimate of drug-likeness (QED) is 0.855. The molecule has 24 heavy (non-hydrogen) atoms. The van der Waals surface area contributed by atoms with E-state index in [9.17, 15) is 9.59 Å². The maximum Gasteiger partial charge on any atom is 0.407 e. The molecule has 0 saturated heterocycles. The van der Waals surface area contributed by atoms with Gasteiger partial charge in [-0.2, -0.15) is 0 Å². The Labute approximate surface area is 143 Å². The number of esters is 1. The smallest absolute Gasteiger partial charge is 0.407 e. The van der Waals surface area contributed by atoms with E-state index >= 15 is 0 Å². The molecule has 5 heteroatoms. The number of alkyl carbamates (subject to hydrolysis) is 1. The van der Waals surface area contributed by atoms with Gasteiger partial charge in [0.1, 0.15) is 11.7 Å². The summed E-state index contributed by atoms with van der Waals surface area (Å²) in [6.45, 7) is 9.60. The van der Waals surface area contributed by atoms with Gasteiger partial charge >= 0.3 is 12.1 Å². The Hall–Kier alpha value is -2.04. The Balaban J connectivity index is 1.94. The van der Waals surface area contributed by atoms with Crippen LogP contribution < -0.4 is 5.32 Å². The summed E-state index contributed by atoms with van der Waals surface area (Å²) in [5.41, 5.74) is 0.0115. The van der Waals surface area contributed by atoms with E-state index in [0.29, 0.717) is 12.0 Å². The van der Waals surface area contributed by atoms with Gasteiger partial charge in [0.05, 0.1) is 5.56 Å². The van der Waals surface area contributed by atoms with E-state index in [0.717, 1.165) is 0 Å². The van der Waals surface area contributed by atoms with Gasteiger partial charge < -0.3 is 14.8 Å². The van der Waals surface area contributed by atoms with E-state index in [1.54, 1.807) is 12.1 Å². The topological polar surface area (TPSA) is 64.6 Å². The third-order valence-electron chi connectivity index (χ3n) is 4.51. The zero-order chi connectivity index (χ0) is 17.9. The number of carbonyl (C=O) groups is 2. The van der Waals surface area contributed by atoms with Gasteiger partial charge in [-0.15, -0.1) is 0 Å². The van der Waals surface area contributed by atoms with Crippen molar-refractivity contribution >= 4 is 12.1 Å². The first-order chi connectivity index (χ1) is 11.2. The highest BCUT2D eigenvalue weighted by Crippen LogP contribution is 2.34. The van der Waals surface area contributed by atoms with Gasteiger partial charge in [0.25, 0.3) is 0 Å². The molecule has 1 aliphatic rings. The third kappa shape index (κ3) is 4.73. The molecule has 5 nitrogen and oxygen atoms in total. The van der Waals surface area contributed by atoms with Crippen LogP contribution in [0.3, 0.4) is 0 Å². The molecule has 1 N–H and O–H groups in total. The maximum atomic E-state index is 12.2. The minimum Gasteiger partial charge on any atom is -0.458 e. The molecular formula is C19H27NO4. The van der Waals surface area contributed by atoms with Crippen molar-refractivity contribution < 1.29 is 19.1 Å². The van der Waals surface area contributed by atoms with E-state index in [1.165, 1.54) is 0 Å². The largest absolute Gasteiger partial charge is 0.458 e. The number of hydrogen-bond donors (Lipinski definition) is 1. The second-order valence-corrected chi connectivity index (χ2v) is 7.52. The fourth-order valence-corrected chi connectivity index (χ4v) is 2.97. The monoisotopic (exact) mass is 333 g/mol. The van der Waals surface area contributed by atoms with Crippen LogP contribution in [0.15, 0.2) is 30.3 Å². The number of rotatable bonds is 3. The zero-order valence-corrected chi connectivity index (χ0v) is 15.0. The summed E-state index contributed by atoms with van der Waals surface area (Å²) >= 11 is 0. The molecule has 1 amide bonds. The Morgan fingerprint density at radius 2 is 1.71 bits per heavy atom. The Morgan fingerprint density at radius 1 is 1.08 bits per heavy atom. The lowest BCUT2D eigenvalue weighted by atomic mass is 9.97. The lowest BCUT2D eigenvalue weighted by Gasteiger charge is -2.23. The Morgan fingerprint density at radius 3 is 2.29 bits per heavy atom. The highest BCUT2D eigenvalue weighted by Gasteiger charge is 2.41. The van der Waals surface area contributed by atoms with Gasteiger partial charge in [-0.1, -0.05) is 32.0 Å². The molecule has 0 bridgehead atoms. The molecule has 0 radical (unpaired) electrons. The lowest BCUT2D eigenvalue weighted by molar-refractivity contribution is 0.0203. The fourth-order valence-electron chi connectivity index (χ4n) is 2.97. The number of nitrogens with one attached hydrogen (secondary N) is 1. The lowest BCUT2D eigenvalue weighted by Crippen LogP contribution is -2.40. The summed E-state index contributed by atoms with van der Waals surface area (Å²) in [7, 11) is 0. The van der Waals surface area contributed by atoms with Crippen LogP contribution in [-0.4, -0.2) is 29.8 Å². The molecule has 1 fully saturated rings. The summed E-state index contributed by atoms with van der Waals surface area (Å²) in [4.78, 5) is 24.2. The SMILES string of the molecule is C[C@@H]1[C@H](C)[C@@H](OC(=O)c2ccccc2)C[C@H]1NC(=O)OC(C)(C)C. The molecular weight excluding hydrogens is 306 g/mol. The first-order valence-corrected chi connectivity index (χ1v) is 8.43. The van der Waals surface area contributed by atoms with Crippen LogP contribution in [-0.2, 0) is 9.47 Å². The van der Waals surface area contributed by atoms with Gasteiger partial charge in [-0.3, -0.25) is 0 Å². The molecule has 0 spiro atoms. The average molecular weight is 333 g/mol. The fraction of sp³-hybridized carbons (Fsp3) is 0.579. The van der Waals surface area contributed by atoms with Gasteiger partial charge in [0, 0.05) is 12.5 Å². The van der Waals surface area contributed by atoms with E-state index < -0.39 is 11.7 Å². The minimum atomic E-state index is -0.531. The van der Waals surface area contributed by atoms with Crippen LogP contribution >= 0.6 is 0 Å². The van der Waals surface area contributed by atoms with Crippen LogP contribution in [0.4, 0.5) is 4.79 Å². The standard InChI is InChI=1S/C19H27NO4/c1-12-13(2)16(23-17(21)14-9-7-6-8-10-14)11-15(12)20-18(22)24-19(3,4)5/h6-10,12-13,15-16H,11H2,1-5H3,(H,20,22)/t12-,13+,15-,16+/m1/s1. The number of carbonyl (C=O) groups excluding carboxylic acids is 2. The highest BCUT2D eigenvalue weighted by atomic mass is 16.6. The van der Waals surface area contributed by atoms with Crippen LogP contribution in [0, 0.1) is 11.8 Å². The van der Waals surface area contributed by atoms with Crippen LogP contribution in [0.25, 0.3) is 0 Å². The normalized spacial score (nSPS) is 26.7. The van der Waals surface area contributed by atoms with Gasteiger partial charge in [0.15, 0.2) is 0 Å². The van der Waals surface area contributed by atoms with Gasteiger partial charge in [-0.05, 0) is 44.7 Å². The van der Waals surface area contributed by atoms with E-state index in [4.69, 9.17) is 9.47 Å². The van der Waals surface area contributed by atoms with Crippen LogP contribution in [0.1, 0.15) is 51.4 Å². The number of ether oxygens (including phenoxy) is 2. The first-order valence-electron chi connectivity index (χ1n) is 8.43. The summed E-state index contributed by atoms with van der Waals surface area (Å²) in [6.07, 6.45) is -0.0469. The maximum absolute atomic E-state index is 12.2. The van der Waals surface area contributed by atoms with Crippen LogP contribution in [0.5, 0.6) is 0 Å². The zero-order valence-electron chi connectivity index (χ0n) is 15.0. The summed E-state index contributed by atoms with van der Waals surface area (Å²) < 4.78 is 11.0. The van der Waals surface area contributed by atoms with Crippen molar-refractivity contribution in [3.63, 3.8) is 0 Å². The van der Waals surface area contributed by atoms with Crippen molar-refractivity contribution in [2.75, 3.05) is 0 Å². The Bertz CT molecular complexity index is 579. The second kappa shape index (κ2) is 7.24. The summed E-state index contributed by atoms with van der Waals surface area (Å²) in [5, 5.41) is 2.91. The van der Waals surface area contributed by atoms with Crippen molar-refractivity contribution in [3.05, 3.63) is 35.9 Å². The van der Waals surface area contributed by atoms with E-state index in [1.807, 2.05) is 45.9 Å². The predicted octanol–water partition coefficient (Wildman–Crippen LogP) is 3.78. The van der Waals surface area contributed by atoms with E-state index in [-0.39, 0.29) is 30.0 Å². The molecule has 0 aliphatic heterocycles. The Kier molecular flexibility index (Phi) is 5.52. The number of amides is 1. The van der Waals surface area contributed by atoms with E-state index in [2.05, 4.69) is 12.2 Å². The highest BCUT2D eigenvalue weighted by molar-refractivity contribution is 5.89. The van der Waals surface area contributed by atoms with Gasteiger partial charge in [0.2, 0.25) is 0 Å². The molecule has 132 valence electrons. The van der Waals surface area contributed by atoms with Crippen molar-refractivity contribution in [2.45, 2.75) is 58.8 Å². The van der Waals surface area contributed by atoms with Crippen molar-refractivity contribution in [1.29, 1.82) is 0 Å². The van der Waals surface area contributed by atoms with Gasteiger partial charge in [-0.25, -0.2) is 9.59 Å². The minimum absolute atomic E-state index is 0.0663. The summed E-state index contributed by atoms with van der Waals surface area (Å²) in [6, 6.07) is 8.89. The molecule has 4 atom stereocenters. The molecule has 1 aliphatic carbocycles. The van der Waals surface area contributed by atoms with Crippen molar-refractivity contribution in [1.82, 2.24) is 5.32 Å². The first kappa shape index (κ1) is 18.3. The second-order valence-electron chi connectivity index (χ2n) is 7.52. The molecule has 1 saturated carbocycles. The number of hydrogen-bond acceptors (Lipinski definition) is 4. The van der Waals surface area contributed by atoms with Crippen LogP contribution in [0.2, 0.25) is 0 Å².